The summed E-state index contributed by atoms with van der Waals surface area (Å²) in [4.78, 5) is 19.2. The SMILES string of the molecule is CCc1cnc(CNCc2ccc3c(c2)CCC(=O)N3C)s1. The van der Waals surface area contributed by atoms with E-state index in [0.717, 1.165) is 36.6 Å². The third-order valence-corrected chi connectivity index (χ3v) is 5.18. The van der Waals surface area contributed by atoms with E-state index in [-0.39, 0.29) is 5.91 Å². The van der Waals surface area contributed by atoms with Crippen molar-refractivity contribution < 1.29 is 4.79 Å². The van der Waals surface area contributed by atoms with Crippen molar-refractivity contribution in [3.63, 3.8) is 0 Å². The summed E-state index contributed by atoms with van der Waals surface area (Å²) in [6.45, 7) is 3.78. The first-order chi connectivity index (χ1) is 10.7. The van der Waals surface area contributed by atoms with E-state index in [1.807, 2.05) is 13.2 Å². The van der Waals surface area contributed by atoms with E-state index < -0.39 is 0 Å². The van der Waals surface area contributed by atoms with Crippen LogP contribution in [0.2, 0.25) is 0 Å². The van der Waals surface area contributed by atoms with Gasteiger partial charge in [0.2, 0.25) is 5.91 Å². The zero-order valence-corrected chi connectivity index (χ0v) is 13.9. The van der Waals surface area contributed by atoms with Gasteiger partial charge < -0.3 is 10.2 Å². The van der Waals surface area contributed by atoms with Crippen molar-refractivity contribution in [3.05, 3.63) is 45.4 Å². The van der Waals surface area contributed by atoms with Crippen molar-refractivity contribution in [3.8, 4) is 0 Å². The molecule has 116 valence electrons. The minimum absolute atomic E-state index is 0.203. The molecule has 2 heterocycles. The number of carbonyl (C=O) groups excluding carboxylic acids is 1. The summed E-state index contributed by atoms with van der Waals surface area (Å²) < 4.78 is 0. The highest BCUT2D eigenvalue weighted by atomic mass is 32.1. The number of amides is 1. The molecule has 0 saturated heterocycles. The Labute approximate surface area is 135 Å². The number of anilines is 1. The van der Waals surface area contributed by atoms with E-state index in [4.69, 9.17) is 0 Å². The Kier molecular flexibility index (Phi) is 4.55. The first-order valence-electron chi connectivity index (χ1n) is 7.70. The van der Waals surface area contributed by atoms with Crippen LogP contribution in [-0.2, 0) is 30.7 Å². The molecule has 1 aliphatic rings. The fraction of sp³-hybridized carbons (Fsp3) is 0.412. The highest BCUT2D eigenvalue weighted by Crippen LogP contribution is 2.27. The molecule has 2 aromatic rings. The number of hydrogen-bond donors (Lipinski definition) is 1. The van der Waals surface area contributed by atoms with Crippen molar-refractivity contribution in [2.75, 3.05) is 11.9 Å². The fourth-order valence-corrected chi connectivity index (χ4v) is 3.56. The van der Waals surface area contributed by atoms with E-state index >= 15 is 0 Å². The second-order valence-corrected chi connectivity index (χ2v) is 6.79. The van der Waals surface area contributed by atoms with Gasteiger partial charge in [0.25, 0.3) is 0 Å². The molecule has 0 saturated carbocycles. The number of benzene rings is 1. The molecule has 0 radical (unpaired) electrons. The van der Waals surface area contributed by atoms with Crippen LogP contribution in [0, 0.1) is 0 Å². The normalized spacial score (nSPS) is 14.3. The number of aryl methyl sites for hydroxylation is 2. The Hall–Kier alpha value is -1.72. The van der Waals surface area contributed by atoms with Gasteiger partial charge in [-0.3, -0.25) is 4.79 Å². The van der Waals surface area contributed by atoms with Gasteiger partial charge >= 0.3 is 0 Å². The van der Waals surface area contributed by atoms with Crippen LogP contribution in [0.4, 0.5) is 5.69 Å². The molecule has 1 aliphatic heterocycles. The van der Waals surface area contributed by atoms with Gasteiger partial charge in [-0.05, 0) is 30.0 Å². The van der Waals surface area contributed by atoms with E-state index in [1.54, 1.807) is 16.2 Å². The van der Waals surface area contributed by atoms with Crippen molar-refractivity contribution in [2.45, 2.75) is 39.3 Å². The van der Waals surface area contributed by atoms with Crippen LogP contribution in [0.15, 0.2) is 24.4 Å². The zero-order chi connectivity index (χ0) is 15.5. The van der Waals surface area contributed by atoms with Gasteiger partial charge in [-0.2, -0.15) is 0 Å². The summed E-state index contributed by atoms with van der Waals surface area (Å²) in [7, 11) is 1.85. The van der Waals surface area contributed by atoms with Crippen LogP contribution in [-0.4, -0.2) is 17.9 Å². The molecule has 4 nitrogen and oxygen atoms in total. The lowest BCUT2D eigenvalue weighted by Gasteiger charge is -2.26. The number of nitrogens with zero attached hydrogens (tertiary/aromatic N) is 2. The van der Waals surface area contributed by atoms with Crippen LogP contribution in [0.1, 0.15) is 34.4 Å². The number of carbonyl (C=O) groups is 1. The van der Waals surface area contributed by atoms with Crippen LogP contribution >= 0.6 is 11.3 Å². The Balaban J connectivity index is 1.60. The lowest BCUT2D eigenvalue weighted by molar-refractivity contribution is -0.118. The lowest BCUT2D eigenvalue weighted by Crippen LogP contribution is -2.31. The molecule has 0 spiro atoms. The van der Waals surface area contributed by atoms with Crippen LogP contribution in [0.5, 0.6) is 0 Å². The molecule has 0 unspecified atom stereocenters. The highest BCUT2D eigenvalue weighted by Gasteiger charge is 2.20. The number of thiazole rings is 1. The molecule has 5 heteroatoms. The Bertz CT molecular complexity index is 680. The Morgan fingerprint density at radius 1 is 1.32 bits per heavy atom. The predicted molar refractivity (Wildman–Crippen MR) is 90.2 cm³/mol. The van der Waals surface area contributed by atoms with Gasteiger partial charge in [0.1, 0.15) is 5.01 Å². The van der Waals surface area contributed by atoms with Gasteiger partial charge in [0, 0.05) is 43.3 Å². The molecule has 0 fully saturated rings. The maximum Gasteiger partial charge on any atom is 0.227 e. The summed E-state index contributed by atoms with van der Waals surface area (Å²) in [5.74, 6) is 0.203. The largest absolute Gasteiger partial charge is 0.315 e. The Morgan fingerprint density at radius 2 is 2.18 bits per heavy atom. The summed E-state index contributed by atoms with van der Waals surface area (Å²) in [5, 5.41) is 4.59. The van der Waals surface area contributed by atoms with Gasteiger partial charge in [-0.15, -0.1) is 11.3 Å². The maximum atomic E-state index is 11.7. The predicted octanol–water partition coefficient (Wildman–Crippen LogP) is 2.90. The second-order valence-electron chi connectivity index (χ2n) is 5.59. The summed E-state index contributed by atoms with van der Waals surface area (Å²) >= 11 is 1.77. The third-order valence-electron chi connectivity index (χ3n) is 4.04. The lowest BCUT2D eigenvalue weighted by atomic mass is 9.99. The molecule has 3 rings (SSSR count). The molecular formula is C17H21N3OS. The minimum atomic E-state index is 0.203. The zero-order valence-electron chi connectivity index (χ0n) is 13.1. The molecule has 0 atom stereocenters. The Morgan fingerprint density at radius 3 is 2.95 bits per heavy atom. The average Bonchev–Trinajstić information content (AvgIpc) is 2.99. The van der Waals surface area contributed by atoms with Crippen LogP contribution < -0.4 is 10.2 Å². The fourth-order valence-electron chi connectivity index (χ4n) is 2.73. The molecule has 1 aromatic carbocycles. The van der Waals surface area contributed by atoms with E-state index in [0.29, 0.717) is 6.42 Å². The molecule has 1 aromatic heterocycles. The van der Waals surface area contributed by atoms with Gasteiger partial charge in [-0.1, -0.05) is 19.1 Å². The quantitative estimate of drug-likeness (QED) is 0.923. The van der Waals surface area contributed by atoms with Gasteiger partial charge in [-0.25, -0.2) is 4.98 Å². The smallest absolute Gasteiger partial charge is 0.227 e. The van der Waals surface area contributed by atoms with Gasteiger partial charge in [0.15, 0.2) is 0 Å². The first-order valence-corrected chi connectivity index (χ1v) is 8.51. The average molecular weight is 315 g/mol. The standard InChI is InChI=1S/C17H21N3OS/c1-3-14-10-19-16(22-14)11-18-9-12-4-6-15-13(8-12)5-7-17(21)20(15)2/h4,6,8,10,18H,3,5,7,9,11H2,1-2H3. The van der Waals surface area contributed by atoms with Crippen molar-refractivity contribution >= 4 is 22.9 Å². The number of aromatic nitrogens is 1. The number of nitrogens with one attached hydrogen (secondary N) is 1. The first kappa shape index (κ1) is 15.2. The summed E-state index contributed by atoms with van der Waals surface area (Å²) in [6.07, 6.45) is 4.47. The van der Waals surface area contributed by atoms with E-state index in [2.05, 4.69) is 35.4 Å². The number of rotatable bonds is 5. The summed E-state index contributed by atoms with van der Waals surface area (Å²) in [5.41, 5.74) is 3.57. The van der Waals surface area contributed by atoms with Crippen molar-refractivity contribution in [1.82, 2.24) is 10.3 Å². The molecule has 1 N–H and O–H groups in total. The molecular weight excluding hydrogens is 294 g/mol. The summed E-state index contributed by atoms with van der Waals surface area (Å²) in [6, 6.07) is 6.37. The third kappa shape index (κ3) is 3.20. The van der Waals surface area contributed by atoms with E-state index in [1.165, 1.54) is 16.0 Å². The number of fused-ring (bicyclic) bond motifs is 1. The van der Waals surface area contributed by atoms with Gasteiger partial charge in [0.05, 0.1) is 0 Å². The van der Waals surface area contributed by atoms with E-state index in [9.17, 15) is 4.79 Å². The van der Waals surface area contributed by atoms with Crippen molar-refractivity contribution in [1.29, 1.82) is 0 Å². The number of hydrogen-bond acceptors (Lipinski definition) is 4. The minimum Gasteiger partial charge on any atom is -0.315 e. The molecule has 0 aliphatic carbocycles. The highest BCUT2D eigenvalue weighted by molar-refractivity contribution is 7.11. The molecule has 1 amide bonds. The molecule has 22 heavy (non-hydrogen) atoms. The monoisotopic (exact) mass is 315 g/mol. The second kappa shape index (κ2) is 6.58. The maximum absolute atomic E-state index is 11.7. The molecule has 0 bridgehead atoms. The topological polar surface area (TPSA) is 45.2 Å². The van der Waals surface area contributed by atoms with Crippen LogP contribution in [0.25, 0.3) is 0 Å². The van der Waals surface area contributed by atoms with Crippen LogP contribution in [0.3, 0.4) is 0 Å². The van der Waals surface area contributed by atoms with Crippen molar-refractivity contribution in [2.24, 2.45) is 0 Å².